The van der Waals surface area contributed by atoms with Crippen LogP contribution in [0.5, 0.6) is 0 Å². The molecule has 0 spiro atoms. The number of nitrogens with one attached hydrogen (secondary N) is 2. The number of hydrogen-bond acceptors (Lipinski definition) is 3. The Hall–Kier alpha value is -2.14. The van der Waals surface area contributed by atoms with Gasteiger partial charge in [-0.3, -0.25) is 9.48 Å². The van der Waals surface area contributed by atoms with Crippen molar-refractivity contribution in [3.05, 3.63) is 53.3 Å². The minimum atomic E-state index is 0.0121. The molecule has 2 N–H and O–H groups in total. The third-order valence-corrected chi connectivity index (χ3v) is 5.33. The lowest BCUT2D eigenvalue weighted by molar-refractivity contribution is 0.0923. The van der Waals surface area contributed by atoms with Gasteiger partial charge in [0.25, 0.3) is 5.91 Å². The molecule has 2 aliphatic rings. The summed E-state index contributed by atoms with van der Waals surface area (Å²) in [4.78, 5) is 12.6. The van der Waals surface area contributed by atoms with Gasteiger partial charge in [0.05, 0.1) is 18.3 Å². The van der Waals surface area contributed by atoms with E-state index in [0.29, 0.717) is 24.2 Å². The number of piperidine rings is 1. The second-order valence-corrected chi connectivity index (χ2v) is 7.07. The lowest BCUT2D eigenvalue weighted by Crippen LogP contribution is -2.48. The highest BCUT2D eigenvalue weighted by molar-refractivity contribution is 5.95. The molecule has 2 unspecified atom stereocenters. The fourth-order valence-corrected chi connectivity index (χ4v) is 4.02. The summed E-state index contributed by atoms with van der Waals surface area (Å²) in [6.07, 6.45) is 6.26. The van der Waals surface area contributed by atoms with E-state index in [1.807, 2.05) is 29.8 Å². The van der Waals surface area contributed by atoms with Crippen molar-refractivity contribution in [2.75, 3.05) is 0 Å². The van der Waals surface area contributed by atoms with Gasteiger partial charge in [-0.25, -0.2) is 0 Å². The Bertz CT molecular complexity index is 712. The molecule has 1 aromatic heterocycles. The van der Waals surface area contributed by atoms with Gasteiger partial charge in [0.15, 0.2) is 0 Å². The molecule has 5 nitrogen and oxygen atoms in total. The number of aromatic nitrogens is 2. The molecule has 0 saturated carbocycles. The largest absolute Gasteiger partial charge is 0.349 e. The van der Waals surface area contributed by atoms with Gasteiger partial charge in [0.1, 0.15) is 0 Å². The van der Waals surface area contributed by atoms with E-state index >= 15 is 0 Å². The van der Waals surface area contributed by atoms with Crippen LogP contribution in [0.3, 0.4) is 0 Å². The van der Waals surface area contributed by atoms with Crippen LogP contribution in [0.15, 0.2) is 36.5 Å². The smallest absolute Gasteiger partial charge is 0.254 e. The van der Waals surface area contributed by atoms with Crippen LogP contribution in [0.4, 0.5) is 0 Å². The molecule has 1 amide bonds. The Morgan fingerprint density at radius 2 is 1.96 bits per heavy atom. The first-order chi connectivity index (χ1) is 11.7. The first-order valence-electron chi connectivity index (χ1n) is 8.82. The van der Waals surface area contributed by atoms with Crippen LogP contribution in [-0.2, 0) is 6.54 Å². The molecule has 0 radical (unpaired) electrons. The van der Waals surface area contributed by atoms with Gasteiger partial charge < -0.3 is 10.6 Å². The van der Waals surface area contributed by atoms with Crippen LogP contribution in [0, 0.1) is 6.92 Å². The monoisotopic (exact) mass is 324 g/mol. The Morgan fingerprint density at radius 3 is 2.67 bits per heavy atom. The van der Waals surface area contributed by atoms with Crippen LogP contribution >= 0.6 is 0 Å². The molecule has 3 heterocycles. The average Bonchev–Trinajstić information content (AvgIpc) is 3.11. The minimum Gasteiger partial charge on any atom is -0.349 e. The minimum absolute atomic E-state index is 0.0121. The van der Waals surface area contributed by atoms with Gasteiger partial charge >= 0.3 is 0 Å². The van der Waals surface area contributed by atoms with E-state index in [1.165, 1.54) is 18.4 Å². The standard InChI is InChI=1S/C19H24N4O/c1-13-18(11-20-23(13)12-14-5-3-2-4-6-14)19(24)22-17-9-15-7-8-16(10-17)21-15/h2-6,11,15-17,21H,7-10,12H2,1H3,(H,22,24). The molecule has 2 aliphatic heterocycles. The molecule has 4 rings (SSSR count). The van der Waals surface area contributed by atoms with Crippen molar-refractivity contribution >= 4 is 5.91 Å². The van der Waals surface area contributed by atoms with Gasteiger partial charge in [-0.2, -0.15) is 5.10 Å². The first kappa shape index (κ1) is 15.4. The van der Waals surface area contributed by atoms with Gasteiger partial charge in [-0.15, -0.1) is 0 Å². The number of benzene rings is 1. The topological polar surface area (TPSA) is 59.0 Å². The molecule has 2 atom stereocenters. The lowest BCUT2D eigenvalue weighted by Gasteiger charge is -2.29. The van der Waals surface area contributed by atoms with E-state index in [4.69, 9.17) is 0 Å². The number of rotatable bonds is 4. The van der Waals surface area contributed by atoms with Crippen molar-refractivity contribution < 1.29 is 4.79 Å². The molecule has 24 heavy (non-hydrogen) atoms. The summed E-state index contributed by atoms with van der Waals surface area (Å²) in [6.45, 7) is 2.66. The van der Waals surface area contributed by atoms with Crippen LogP contribution in [-0.4, -0.2) is 33.8 Å². The van der Waals surface area contributed by atoms with Crippen molar-refractivity contribution in [2.45, 2.75) is 57.3 Å². The summed E-state index contributed by atoms with van der Waals surface area (Å²) in [5, 5.41) is 11.2. The van der Waals surface area contributed by atoms with Crippen molar-refractivity contribution in [3.8, 4) is 0 Å². The molecule has 126 valence electrons. The van der Waals surface area contributed by atoms with E-state index in [9.17, 15) is 4.79 Å². The summed E-state index contributed by atoms with van der Waals surface area (Å²) in [6, 6.07) is 11.6. The highest BCUT2D eigenvalue weighted by atomic mass is 16.1. The van der Waals surface area contributed by atoms with E-state index in [-0.39, 0.29) is 11.9 Å². The molecule has 5 heteroatoms. The Morgan fingerprint density at radius 1 is 1.25 bits per heavy atom. The number of carbonyl (C=O) groups is 1. The average molecular weight is 324 g/mol. The predicted molar refractivity (Wildman–Crippen MR) is 92.9 cm³/mol. The number of hydrogen-bond donors (Lipinski definition) is 2. The van der Waals surface area contributed by atoms with Gasteiger partial charge in [0.2, 0.25) is 0 Å². The van der Waals surface area contributed by atoms with Gasteiger partial charge in [-0.1, -0.05) is 30.3 Å². The fraction of sp³-hybridized carbons (Fsp3) is 0.474. The maximum Gasteiger partial charge on any atom is 0.254 e. The van der Waals surface area contributed by atoms with Crippen LogP contribution < -0.4 is 10.6 Å². The summed E-state index contributed by atoms with van der Waals surface area (Å²) in [5.41, 5.74) is 2.80. The second-order valence-electron chi connectivity index (χ2n) is 7.07. The van der Waals surface area contributed by atoms with Crippen LogP contribution in [0.1, 0.15) is 47.3 Å². The Kier molecular flexibility index (Phi) is 4.10. The Labute approximate surface area is 142 Å². The maximum absolute atomic E-state index is 12.6. The highest BCUT2D eigenvalue weighted by Gasteiger charge is 2.34. The first-order valence-corrected chi connectivity index (χ1v) is 8.82. The zero-order chi connectivity index (χ0) is 16.5. The van der Waals surface area contributed by atoms with Crippen LogP contribution in [0.25, 0.3) is 0 Å². The van der Waals surface area contributed by atoms with Crippen molar-refractivity contribution in [3.63, 3.8) is 0 Å². The summed E-state index contributed by atoms with van der Waals surface area (Å²) in [7, 11) is 0. The van der Waals surface area contributed by atoms with E-state index in [1.54, 1.807) is 6.20 Å². The molecular formula is C19H24N4O. The van der Waals surface area contributed by atoms with Gasteiger partial charge in [-0.05, 0) is 38.2 Å². The molecular weight excluding hydrogens is 300 g/mol. The summed E-state index contributed by atoms with van der Waals surface area (Å²) >= 11 is 0. The molecule has 2 bridgehead atoms. The number of carbonyl (C=O) groups excluding carboxylic acids is 1. The van der Waals surface area contributed by atoms with Crippen molar-refractivity contribution in [1.29, 1.82) is 0 Å². The van der Waals surface area contributed by atoms with Crippen molar-refractivity contribution in [2.24, 2.45) is 0 Å². The highest BCUT2D eigenvalue weighted by Crippen LogP contribution is 2.27. The second kappa shape index (κ2) is 6.40. The third kappa shape index (κ3) is 3.08. The maximum atomic E-state index is 12.6. The molecule has 2 saturated heterocycles. The fourth-order valence-electron chi connectivity index (χ4n) is 4.02. The van der Waals surface area contributed by atoms with E-state index in [2.05, 4.69) is 27.9 Å². The molecule has 2 fully saturated rings. The molecule has 2 aromatic rings. The molecule has 0 aliphatic carbocycles. The quantitative estimate of drug-likeness (QED) is 0.907. The van der Waals surface area contributed by atoms with Gasteiger partial charge in [0, 0.05) is 23.8 Å². The normalized spacial score (nSPS) is 25.6. The third-order valence-electron chi connectivity index (χ3n) is 5.33. The number of amides is 1. The summed E-state index contributed by atoms with van der Waals surface area (Å²) < 4.78 is 1.90. The number of nitrogens with zero attached hydrogens (tertiary/aromatic N) is 2. The van der Waals surface area contributed by atoms with Crippen molar-refractivity contribution in [1.82, 2.24) is 20.4 Å². The number of fused-ring (bicyclic) bond motifs is 2. The lowest BCUT2D eigenvalue weighted by atomic mass is 9.99. The molecule has 1 aromatic carbocycles. The SMILES string of the molecule is Cc1c(C(=O)NC2CC3CCC(C2)N3)cnn1Cc1ccccc1. The van der Waals surface area contributed by atoms with Crippen LogP contribution in [0.2, 0.25) is 0 Å². The Balaban J connectivity index is 1.43. The zero-order valence-electron chi connectivity index (χ0n) is 14.0. The zero-order valence-corrected chi connectivity index (χ0v) is 14.0. The summed E-state index contributed by atoms with van der Waals surface area (Å²) in [5.74, 6) is 0.0121. The van der Waals surface area contributed by atoms with E-state index < -0.39 is 0 Å². The van der Waals surface area contributed by atoms with E-state index in [0.717, 1.165) is 18.5 Å². The predicted octanol–water partition coefficient (Wildman–Crippen LogP) is 2.25.